The van der Waals surface area contributed by atoms with Crippen LogP contribution in [-0.2, 0) is 30.8 Å². The van der Waals surface area contributed by atoms with Gasteiger partial charge in [0.2, 0.25) is 21.8 Å². The number of hydrogen-bond acceptors (Lipinski definition) is 5. The molecule has 8 nitrogen and oxygen atoms in total. The largest absolute Gasteiger partial charge is 0.383 e. The van der Waals surface area contributed by atoms with Gasteiger partial charge in [0, 0.05) is 50.3 Å². The van der Waals surface area contributed by atoms with Gasteiger partial charge in [-0.05, 0) is 62.8 Å². The molecule has 32 heavy (non-hydrogen) atoms. The third-order valence-electron chi connectivity index (χ3n) is 7.03. The van der Waals surface area contributed by atoms with Crippen LogP contribution in [0.1, 0.15) is 44.6 Å². The Balaban J connectivity index is 1.42. The van der Waals surface area contributed by atoms with Crippen molar-refractivity contribution in [3.05, 3.63) is 23.8 Å². The number of benzene rings is 1. The lowest BCUT2D eigenvalue weighted by atomic mass is 9.84. The number of nitrogens with zero attached hydrogens (tertiary/aromatic N) is 2. The first kappa shape index (κ1) is 23.2. The molecule has 0 aromatic heterocycles. The minimum absolute atomic E-state index is 0.0400. The summed E-state index contributed by atoms with van der Waals surface area (Å²) >= 11 is 0. The van der Waals surface area contributed by atoms with Gasteiger partial charge in [-0.15, -0.1) is 0 Å². The molecule has 1 aromatic rings. The van der Waals surface area contributed by atoms with Crippen LogP contribution in [0.4, 0.5) is 5.69 Å². The molecule has 1 aliphatic carbocycles. The molecule has 2 fully saturated rings. The first-order valence-electron chi connectivity index (χ1n) is 11.6. The summed E-state index contributed by atoms with van der Waals surface area (Å²) in [6.45, 7) is 3.59. The lowest BCUT2D eigenvalue weighted by molar-refractivity contribution is -0.126. The second-order valence-corrected chi connectivity index (χ2v) is 11.1. The van der Waals surface area contributed by atoms with Crippen LogP contribution in [0.25, 0.3) is 0 Å². The molecular weight excluding hydrogens is 430 g/mol. The van der Waals surface area contributed by atoms with E-state index >= 15 is 0 Å². The standard InChI is InChI=1S/C23H33N3O5S/c1-16-14-19-15-20(6-7-21(19)26(16)23(28)18-4-3-5-18)32(29,30)25-11-8-17(9-12-25)22(27)24-10-13-31-2/h6-7,15-18H,3-5,8-14H2,1-2H3,(H,24,27). The molecule has 0 bridgehead atoms. The summed E-state index contributed by atoms with van der Waals surface area (Å²) in [6, 6.07) is 5.19. The van der Waals surface area contributed by atoms with E-state index in [0.29, 0.717) is 45.5 Å². The summed E-state index contributed by atoms with van der Waals surface area (Å²) < 4.78 is 32.9. The molecule has 0 radical (unpaired) electrons. The van der Waals surface area contributed by atoms with Crippen molar-refractivity contribution in [2.75, 3.05) is 38.3 Å². The van der Waals surface area contributed by atoms with Crippen LogP contribution in [0.15, 0.2) is 23.1 Å². The first-order chi connectivity index (χ1) is 15.3. The fourth-order valence-corrected chi connectivity index (χ4v) is 6.40. The van der Waals surface area contributed by atoms with Crippen LogP contribution >= 0.6 is 0 Å². The molecule has 2 aliphatic heterocycles. The zero-order valence-electron chi connectivity index (χ0n) is 18.9. The molecule has 1 unspecified atom stereocenters. The van der Waals surface area contributed by atoms with Gasteiger partial charge in [0.15, 0.2) is 0 Å². The van der Waals surface area contributed by atoms with Crippen molar-refractivity contribution in [3.8, 4) is 0 Å². The molecule has 0 spiro atoms. The van der Waals surface area contributed by atoms with Crippen molar-refractivity contribution >= 4 is 27.5 Å². The fraction of sp³-hybridized carbons (Fsp3) is 0.652. The van der Waals surface area contributed by atoms with Gasteiger partial charge in [-0.25, -0.2) is 8.42 Å². The van der Waals surface area contributed by atoms with Crippen molar-refractivity contribution in [2.24, 2.45) is 11.8 Å². The van der Waals surface area contributed by atoms with Crippen molar-refractivity contribution in [2.45, 2.75) is 56.4 Å². The number of nitrogens with one attached hydrogen (secondary N) is 1. The van der Waals surface area contributed by atoms with Gasteiger partial charge in [-0.2, -0.15) is 4.31 Å². The number of piperidine rings is 1. The maximum absolute atomic E-state index is 13.3. The molecule has 1 saturated carbocycles. The SMILES string of the molecule is COCCNC(=O)C1CCN(S(=O)(=O)c2ccc3c(c2)CC(C)N3C(=O)C2CCC2)CC1. The monoisotopic (exact) mass is 463 g/mol. The molecule has 1 N–H and O–H groups in total. The molecule has 3 aliphatic rings. The maximum Gasteiger partial charge on any atom is 0.243 e. The number of ether oxygens (including phenoxy) is 1. The Morgan fingerprint density at radius 1 is 1.12 bits per heavy atom. The number of amides is 2. The number of hydrogen-bond donors (Lipinski definition) is 1. The quantitative estimate of drug-likeness (QED) is 0.624. The first-order valence-corrected chi connectivity index (χ1v) is 13.0. The van der Waals surface area contributed by atoms with E-state index in [1.54, 1.807) is 25.3 Å². The highest BCUT2D eigenvalue weighted by Crippen LogP contribution is 2.38. The van der Waals surface area contributed by atoms with E-state index in [0.717, 1.165) is 30.5 Å². The van der Waals surface area contributed by atoms with Gasteiger partial charge in [0.05, 0.1) is 11.5 Å². The van der Waals surface area contributed by atoms with Crippen LogP contribution in [-0.4, -0.2) is 63.9 Å². The second-order valence-electron chi connectivity index (χ2n) is 9.14. The van der Waals surface area contributed by atoms with E-state index in [-0.39, 0.29) is 34.6 Å². The molecule has 1 atom stereocenters. The van der Waals surface area contributed by atoms with Gasteiger partial charge in [-0.1, -0.05) is 6.42 Å². The summed E-state index contributed by atoms with van der Waals surface area (Å²) in [5.74, 6) is 0.0656. The van der Waals surface area contributed by atoms with Crippen LogP contribution in [0.3, 0.4) is 0 Å². The van der Waals surface area contributed by atoms with Crippen LogP contribution in [0.2, 0.25) is 0 Å². The minimum atomic E-state index is -3.64. The van der Waals surface area contributed by atoms with Crippen molar-refractivity contribution in [1.82, 2.24) is 9.62 Å². The lowest BCUT2D eigenvalue weighted by Crippen LogP contribution is -2.43. The number of carbonyl (C=O) groups excluding carboxylic acids is 2. The third-order valence-corrected chi connectivity index (χ3v) is 8.92. The van der Waals surface area contributed by atoms with Crippen molar-refractivity contribution in [1.29, 1.82) is 0 Å². The molecule has 176 valence electrons. The number of anilines is 1. The summed E-state index contributed by atoms with van der Waals surface area (Å²) in [7, 11) is -2.06. The molecule has 2 heterocycles. The Hall–Kier alpha value is -1.97. The van der Waals surface area contributed by atoms with Gasteiger partial charge in [-0.3, -0.25) is 9.59 Å². The van der Waals surface area contributed by atoms with E-state index in [9.17, 15) is 18.0 Å². The second kappa shape index (κ2) is 9.49. The summed E-state index contributed by atoms with van der Waals surface area (Å²) in [4.78, 5) is 27.2. The van der Waals surface area contributed by atoms with E-state index in [2.05, 4.69) is 5.32 Å². The van der Waals surface area contributed by atoms with E-state index < -0.39 is 10.0 Å². The summed E-state index contributed by atoms with van der Waals surface area (Å²) in [5.41, 5.74) is 1.76. The van der Waals surface area contributed by atoms with Crippen LogP contribution in [0.5, 0.6) is 0 Å². The lowest BCUT2D eigenvalue weighted by Gasteiger charge is -2.32. The van der Waals surface area contributed by atoms with Gasteiger partial charge < -0.3 is 15.0 Å². The molecule has 1 saturated heterocycles. The number of carbonyl (C=O) groups is 2. The van der Waals surface area contributed by atoms with Crippen molar-refractivity contribution in [3.63, 3.8) is 0 Å². The maximum atomic E-state index is 13.3. The topological polar surface area (TPSA) is 96.0 Å². The highest BCUT2D eigenvalue weighted by Gasteiger charge is 2.38. The fourth-order valence-electron chi connectivity index (χ4n) is 4.88. The normalized spacial score (nSPS) is 22.4. The minimum Gasteiger partial charge on any atom is -0.383 e. The zero-order chi connectivity index (χ0) is 22.9. The molecule has 9 heteroatoms. The van der Waals surface area contributed by atoms with E-state index in [1.165, 1.54) is 4.31 Å². The van der Waals surface area contributed by atoms with Crippen LogP contribution in [0, 0.1) is 11.8 Å². The summed E-state index contributed by atoms with van der Waals surface area (Å²) in [6.07, 6.45) is 4.68. The summed E-state index contributed by atoms with van der Waals surface area (Å²) in [5, 5.41) is 2.84. The molecular formula is C23H33N3O5S. The Bertz CT molecular complexity index is 968. The Morgan fingerprint density at radius 2 is 1.84 bits per heavy atom. The predicted octanol–water partition coefficient (Wildman–Crippen LogP) is 1.93. The third kappa shape index (κ3) is 4.43. The van der Waals surface area contributed by atoms with E-state index in [4.69, 9.17) is 4.74 Å². The van der Waals surface area contributed by atoms with Gasteiger partial charge in [0.25, 0.3) is 0 Å². The Kier molecular flexibility index (Phi) is 6.88. The highest BCUT2D eigenvalue weighted by atomic mass is 32.2. The Labute approximate surface area is 190 Å². The number of methoxy groups -OCH3 is 1. The average Bonchev–Trinajstić information content (AvgIpc) is 3.07. The smallest absolute Gasteiger partial charge is 0.243 e. The Morgan fingerprint density at radius 3 is 2.47 bits per heavy atom. The number of fused-ring (bicyclic) bond motifs is 1. The molecule has 1 aromatic carbocycles. The number of sulfonamides is 1. The molecule has 2 amide bonds. The average molecular weight is 464 g/mol. The van der Waals surface area contributed by atoms with Gasteiger partial charge >= 0.3 is 0 Å². The van der Waals surface area contributed by atoms with Gasteiger partial charge in [0.1, 0.15) is 0 Å². The number of rotatable bonds is 7. The highest BCUT2D eigenvalue weighted by molar-refractivity contribution is 7.89. The molecule has 4 rings (SSSR count). The van der Waals surface area contributed by atoms with E-state index in [1.807, 2.05) is 11.8 Å². The van der Waals surface area contributed by atoms with Crippen molar-refractivity contribution < 1.29 is 22.7 Å². The van der Waals surface area contributed by atoms with Crippen LogP contribution < -0.4 is 10.2 Å². The zero-order valence-corrected chi connectivity index (χ0v) is 19.7. The predicted molar refractivity (Wildman–Crippen MR) is 121 cm³/mol.